The molecule has 2 amide bonds. The van der Waals surface area contributed by atoms with Crippen molar-refractivity contribution >= 4 is 46.6 Å². The Hall–Kier alpha value is -4.94. The van der Waals surface area contributed by atoms with Gasteiger partial charge in [-0.25, -0.2) is 9.59 Å². The number of nitrogen functional groups attached to an aromatic ring is 2. The SMILES string of the molecule is Nc1nc(N)c2c(CCc3ccc(C(=O)N[C@@H](CCCNC(=O)/C=C/C(=O)O)C(=O)O)cc3)c[nH]c2n1. The predicted octanol–water partition coefficient (Wildman–Crippen LogP) is 0.628. The minimum absolute atomic E-state index is 0.0746. The quantitative estimate of drug-likeness (QED) is 0.133. The van der Waals surface area contributed by atoms with E-state index in [1.807, 2.05) is 0 Å². The first-order valence-corrected chi connectivity index (χ1v) is 11.3. The molecule has 0 unspecified atom stereocenters. The Morgan fingerprint density at radius 2 is 1.76 bits per heavy atom. The van der Waals surface area contributed by atoms with E-state index in [1.54, 1.807) is 30.5 Å². The third-order valence-electron chi connectivity index (χ3n) is 5.51. The van der Waals surface area contributed by atoms with Crippen molar-refractivity contribution in [1.82, 2.24) is 25.6 Å². The number of amides is 2. The summed E-state index contributed by atoms with van der Waals surface area (Å²) in [6.07, 6.45) is 5.01. The van der Waals surface area contributed by atoms with Crippen LogP contribution in [0, 0.1) is 0 Å². The van der Waals surface area contributed by atoms with Crippen molar-refractivity contribution in [3.8, 4) is 0 Å². The van der Waals surface area contributed by atoms with Crippen molar-refractivity contribution in [3.05, 3.63) is 59.3 Å². The van der Waals surface area contributed by atoms with Gasteiger partial charge in [0, 0.05) is 30.5 Å². The van der Waals surface area contributed by atoms with E-state index in [0.29, 0.717) is 35.9 Å². The van der Waals surface area contributed by atoms with Gasteiger partial charge in [-0.05, 0) is 48.9 Å². The highest BCUT2D eigenvalue weighted by Gasteiger charge is 2.20. The fourth-order valence-electron chi connectivity index (χ4n) is 3.67. The number of anilines is 2. The number of fused-ring (bicyclic) bond motifs is 1. The minimum Gasteiger partial charge on any atom is -0.480 e. The predicted molar refractivity (Wildman–Crippen MR) is 134 cm³/mol. The van der Waals surface area contributed by atoms with Crippen molar-refractivity contribution in [1.29, 1.82) is 0 Å². The molecule has 9 N–H and O–H groups in total. The Bertz CT molecular complexity index is 1330. The monoisotopic (exact) mass is 509 g/mol. The molecule has 13 nitrogen and oxygen atoms in total. The Morgan fingerprint density at radius 3 is 2.43 bits per heavy atom. The standard InChI is InChI=1S/C24H27N7O6/c25-20-19-15(12-28-21(19)31-24(26)30-20)8-5-13-3-6-14(7-4-13)22(35)29-16(23(36)37)2-1-11-27-17(32)9-10-18(33)34/h3-4,6-7,9-10,12,16H,1-2,5,8,11H2,(H,27,32)(H,29,35)(H,33,34)(H,36,37)(H5,25,26,28,30,31)/b10-9+/t16-/m0/s1. The molecule has 0 radical (unpaired) electrons. The molecule has 3 rings (SSSR count). The van der Waals surface area contributed by atoms with E-state index < -0.39 is 29.8 Å². The Kier molecular flexibility index (Phi) is 8.76. The average molecular weight is 510 g/mol. The highest BCUT2D eigenvalue weighted by molar-refractivity contribution is 5.96. The highest BCUT2D eigenvalue weighted by atomic mass is 16.4. The molecular weight excluding hydrogens is 482 g/mol. The molecule has 1 aromatic carbocycles. The van der Waals surface area contributed by atoms with Crippen molar-refractivity contribution in [2.45, 2.75) is 31.7 Å². The van der Waals surface area contributed by atoms with Crippen LogP contribution in [0.2, 0.25) is 0 Å². The molecule has 2 heterocycles. The second-order valence-electron chi connectivity index (χ2n) is 8.17. The molecule has 1 atom stereocenters. The fourth-order valence-corrected chi connectivity index (χ4v) is 3.67. The Morgan fingerprint density at radius 1 is 1.03 bits per heavy atom. The molecule has 2 aromatic heterocycles. The number of hydrogen-bond acceptors (Lipinski definition) is 8. The number of rotatable bonds is 12. The van der Waals surface area contributed by atoms with Gasteiger partial charge in [-0.2, -0.15) is 9.97 Å². The summed E-state index contributed by atoms with van der Waals surface area (Å²) in [4.78, 5) is 57.1. The van der Waals surface area contributed by atoms with Crippen LogP contribution in [0.5, 0.6) is 0 Å². The largest absolute Gasteiger partial charge is 0.480 e. The van der Waals surface area contributed by atoms with Crippen molar-refractivity contribution in [3.63, 3.8) is 0 Å². The van der Waals surface area contributed by atoms with Crippen LogP contribution in [0.25, 0.3) is 11.0 Å². The van der Waals surface area contributed by atoms with E-state index in [4.69, 9.17) is 16.6 Å². The van der Waals surface area contributed by atoms with Crippen LogP contribution in [-0.2, 0) is 27.2 Å². The van der Waals surface area contributed by atoms with E-state index in [-0.39, 0.29) is 25.3 Å². The zero-order chi connectivity index (χ0) is 26.9. The minimum atomic E-state index is -1.25. The van der Waals surface area contributed by atoms with Crippen LogP contribution >= 0.6 is 0 Å². The molecule has 3 aromatic rings. The fraction of sp³-hybridized carbons (Fsp3) is 0.250. The van der Waals surface area contributed by atoms with E-state index >= 15 is 0 Å². The number of aliphatic carboxylic acids is 2. The maximum atomic E-state index is 12.6. The first kappa shape index (κ1) is 26.7. The third kappa shape index (κ3) is 7.52. The van der Waals surface area contributed by atoms with Gasteiger partial charge in [-0.1, -0.05) is 12.1 Å². The number of carboxylic acid groups (broad SMARTS) is 2. The van der Waals surface area contributed by atoms with Crippen LogP contribution in [0.3, 0.4) is 0 Å². The summed E-state index contributed by atoms with van der Waals surface area (Å²) in [5.74, 6) is -3.20. The topological polar surface area (TPSA) is 226 Å². The lowest BCUT2D eigenvalue weighted by Crippen LogP contribution is -2.41. The highest BCUT2D eigenvalue weighted by Crippen LogP contribution is 2.24. The molecule has 0 spiro atoms. The summed E-state index contributed by atoms with van der Waals surface area (Å²) in [5, 5.41) is 23.6. The second-order valence-corrected chi connectivity index (χ2v) is 8.17. The number of nitrogens with two attached hydrogens (primary N) is 2. The lowest BCUT2D eigenvalue weighted by Gasteiger charge is -2.15. The number of benzene rings is 1. The average Bonchev–Trinajstić information content (AvgIpc) is 3.26. The summed E-state index contributed by atoms with van der Waals surface area (Å²) in [6, 6.07) is 5.66. The van der Waals surface area contributed by atoms with Gasteiger partial charge in [-0.15, -0.1) is 0 Å². The molecule has 0 saturated heterocycles. The molecule has 37 heavy (non-hydrogen) atoms. The number of hydrogen-bond donors (Lipinski definition) is 7. The van der Waals surface area contributed by atoms with Gasteiger partial charge in [0.15, 0.2) is 0 Å². The van der Waals surface area contributed by atoms with E-state index in [9.17, 15) is 24.3 Å². The molecule has 194 valence electrons. The molecule has 13 heteroatoms. The molecule has 0 bridgehead atoms. The van der Waals surface area contributed by atoms with Crippen LogP contribution in [0.1, 0.15) is 34.3 Å². The van der Waals surface area contributed by atoms with E-state index in [2.05, 4.69) is 25.6 Å². The first-order chi connectivity index (χ1) is 17.6. The number of carbonyl (C=O) groups excluding carboxylic acids is 2. The second kappa shape index (κ2) is 12.2. The number of carbonyl (C=O) groups is 4. The Balaban J connectivity index is 1.51. The summed E-state index contributed by atoms with van der Waals surface area (Å²) >= 11 is 0. The van der Waals surface area contributed by atoms with Gasteiger partial charge in [0.2, 0.25) is 11.9 Å². The van der Waals surface area contributed by atoms with E-state index in [1.165, 1.54) is 0 Å². The first-order valence-electron chi connectivity index (χ1n) is 11.3. The summed E-state index contributed by atoms with van der Waals surface area (Å²) < 4.78 is 0. The normalized spacial score (nSPS) is 11.9. The summed E-state index contributed by atoms with van der Waals surface area (Å²) in [7, 11) is 0. The molecular formula is C24H27N7O6. The lowest BCUT2D eigenvalue weighted by molar-refractivity contribution is -0.139. The van der Waals surface area contributed by atoms with Gasteiger partial charge in [0.05, 0.1) is 5.39 Å². The summed E-state index contributed by atoms with van der Waals surface area (Å²) in [5.41, 5.74) is 14.4. The van der Waals surface area contributed by atoms with Crippen molar-refractivity contribution in [2.75, 3.05) is 18.0 Å². The van der Waals surface area contributed by atoms with Crippen LogP contribution in [0.15, 0.2) is 42.6 Å². The zero-order valence-electron chi connectivity index (χ0n) is 19.7. The number of nitrogens with zero attached hydrogens (tertiary/aromatic N) is 2. The Labute approximate surface area is 211 Å². The van der Waals surface area contributed by atoms with E-state index in [0.717, 1.165) is 22.6 Å². The van der Waals surface area contributed by atoms with Crippen LogP contribution < -0.4 is 22.1 Å². The molecule has 0 aliphatic heterocycles. The number of aromatic nitrogens is 3. The maximum Gasteiger partial charge on any atom is 0.328 e. The van der Waals surface area contributed by atoms with Gasteiger partial charge in [0.25, 0.3) is 5.91 Å². The smallest absolute Gasteiger partial charge is 0.328 e. The van der Waals surface area contributed by atoms with Gasteiger partial charge < -0.3 is 37.3 Å². The lowest BCUT2D eigenvalue weighted by atomic mass is 10.0. The van der Waals surface area contributed by atoms with Crippen LogP contribution in [-0.4, -0.2) is 61.5 Å². The zero-order valence-corrected chi connectivity index (χ0v) is 19.7. The molecule has 0 saturated carbocycles. The number of carboxylic acids is 2. The molecule has 0 aliphatic carbocycles. The number of H-pyrrole nitrogens is 1. The summed E-state index contributed by atoms with van der Waals surface area (Å²) in [6.45, 7) is 0.124. The molecule has 0 fully saturated rings. The van der Waals surface area contributed by atoms with Gasteiger partial charge in [-0.3, -0.25) is 9.59 Å². The maximum absolute atomic E-state index is 12.6. The van der Waals surface area contributed by atoms with Gasteiger partial charge >= 0.3 is 11.9 Å². The third-order valence-corrected chi connectivity index (χ3v) is 5.51. The number of aryl methyl sites for hydroxylation is 2. The van der Waals surface area contributed by atoms with Gasteiger partial charge in [0.1, 0.15) is 17.5 Å². The molecule has 0 aliphatic rings. The van der Waals surface area contributed by atoms with Crippen molar-refractivity contribution in [2.24, 2.45) is 0 Å². The van der Waals surface area contributed by atoms with Crippen LogP contribution in [0.4, 0.5) is 11.8 Å². The number of aromatic amines is 1. The van der Waals surface area contributed by atoms with Crippen molar-refractivity contribution < 1.29 is 29.4 Å². The number of nitrogens with one attached hydrogen (secondary N) is 3.